The molecule has 0 saturated heterocycles. The highest BCUT2D eigenvalue weighted by Gasteiger charge is 2.40. The van der Waals surface area contributed by atoms with Gasteiger partial charge in [0.15, 0.2) is 8.32 Å². The minimum atomic E-state index is -1.71. The van der Waals surface area contributed by atoms with E-state index in [4.69, 9.17) is 4.43 Å². The lowest BCUT2D eigenvalue weighted by molar-refractivity contribution is 0.164. The van der Waals surface area contributed by atoms with E-state index in [1.54, 1.807) is 0 Å². The highest BCUT2D eigenvalue weighted by molar-refractivity contribution is 6.74. The number of aliphatic hydroxyl groups is 1. The maximum Gasteiger partial charge on any atom is 0.193 e. The first-order valence-electron chi connectivity index (χ1n) is 5.31. The number of aliphatic hydroxyl groups excluding tert-OH is 1. The second-order valence-electron chi connectivity index (χ2n) is 5.57. The molecule has 1 unspecified atom stereocenters. The van der Waals surface area contributed by atoms with Gasteiger partial charge < -0.3 is 9.53 Å². The van der Waals surface area contributed by atoms with E-state index in [-0.39, 0.29) is 11.1 Å². The molecule has 1 atom stereocenters. The van der Waals surface area contributed by atoms with Gasteiger partial charge in [0.1, 0.15) is 11.9 Å². The third kappa shape index (κ3) is 2.39. The van der Waals surface area contributed by atoms with Crippen molar-refractivity contribution in [2.75, 3.05) is 0 Å². The molecule has 1 aliphatic carbocycles. The molecule has 0 bridgehead atoms. The van der Waals surface area contributed by atoms with Crippen LogP contribution in [0.1, 0.15) is 33.6 Å². The summed E-state index contributed by atoms with van der Waals surface area (Å²) in [6.07, 6.45) is 3.73. The second-order valence-corrected chi connectivity index (χ2v) is 10.3. The smallest absolute Gasteiger partial charge is 0.193 e. The van der Waals surface area contributed by atoms with Crippen molar-refractivity contribution in [3.63, 3.8) is 0 Å². The van der Waals surface area contributed by atoms with Crippen LogP contribution in [0.4, 0.5) is 0 Å². The molecule has 0 aromatic carbocycles. The summed E-state index contributed by atoms with van der Waals surface area (Å²) in [5.74, 6) is 0.440. The predicted molar refractivity (Wildman–Crippen MR) is 62.0 cm³/mol. The lowest BCUT2D eigenvalue weighted by Gasteiger charge is -2.38. The molecule has 0 saturated carbocycles. The summed E-state index contributed by atoms with van der Waals surface area (Å²) in [6.45, 7) is 11.1. The van der Waals surface area contributed by atoms with Crippen molar-refractivity contribution in [1.82, 2.24) is 0 Å². The monoisotopic (exact) mass is 214 g/mol. The first kappa shape index (κ1) is 11.8. The van der Waals surface area contributed by atoms with Crippen LogP contribution in [-0.4, -0.2) is 19.5 Å². The Morgan fingerprint density at radius 1 is 1.43 bits per heavy atom. The van der Waals surface area contributed by atoms with Crippen LogP contribution >= 0.6 is 0 Å². The second kappa shape index (κ2) is 3.70. The summed E-state index contributed by atoms with van der Waals surface area (Å²) in [5, 5.41) is 9.79. The Morgan fingerprint density at radius 3 is 2.36 bits per heavy atom. The molecule has 0 aliphatic heterocycles. The normalized spacial score (nSPS) is 23.8. The van der Waals surface area contributed by atoms with Crippen LogP contribution in [0, 0.1) is 0 Å². The van der Waals surface area contributed by atoms with Crippen molar-refractivity contribution in [3.8, 4) is 0 Å². The molecule has 14 heavy (non-hydrogen) atoms. The van der Waals surface area contributed by atoms with Crippen molar-refractivity contribution < 1.29 is 9.53 Å². The minimum Gasteiger partial charge on any atom is -0.510 e. The van der Waals surface area contributed by atoms with Crippen LogP contribution in [0.3, 0.4) is 0 Å². The molecule has 0 spiro atoms. The Bertz CT molecular complexity index is 238. The minimum absolute atomic E-state index is 0.0316. The Balaban J connectivity index is 2.64. The van der Waals surface area contributed by atoms with Crippen molar-refractivity contribution in [2.24, 2.45) is 0 Å². The summed E-state index contributed by atoms with van der Waals surface area (Å²) in [4.78, 5) is 0. The fraction of sp³-hybridized carbons (Fsp3) is 0.818. The molecule has 1 rings (SSSR count). The molecule has 0 amide bonds. The van der Waals surface area contributed by atoms with Gasteiger partial charge in [-0.15, -0.1) is 0 Å². The first-order chi connectivity index (χ1) is 6.24. The molecule has 82 valence electrons. The number of rotatable bonds is 2. The third-order valence-corrected chi connectivity index (χ3v) is 7.84. The zero-order valence-corrected chi connectivity index (χ0v) is 10.9. The molecule has 1 aliphatic rings. The molecular formula is C11H22O2Si. The van der Waals surface area contributed by atoms with Crippen molar-refractivity contribution in [2.45, 2.75) is 57.8 Å². The summed E-state index contributed by atoms with van der Waals surface area (Å²) in [7, 11) is -1.71. The van der Waals surface area contributed by atoms with E-state index < -0.39 is 8.32 Å². The molecule has 1 N–H and O–H groups in total. The van der Waals surface area contributed by atoms with E-state index >= 15 is 0 Å². The SMILES string of the molecule is CC(C)(C)[Si](C)(C)OC1CCC=C1O. The zero-order chi connectivity index (χ0) is 11.0. The van der Waals surface area contributed by atoms with Gasteiger partial charge in [-0.2, -0.15) is 0 Å². The lowest BCUT2D eigenvalue weighted by atomic mass is 10.2. The maximum absolute atomic E-state index is 9.58. The quantitative estimate of drug-likeness (QED) is 0.712. The fourth-order valence-corrected chi connectivity index (χ4v) is 2.62. The number of hydrogen-bond donors (Lipinski definition) is 1. The molecule has 0 heterocycles. The largest absolute Gasteiger partial charge is 0.510 e. The first-order valence-corrected chi connectivity index (χ1v) is 8.22. The van der Waals surface area contributed by atoms with Crippen LogP contribution in [-0.2, 0) is 4.43 Å². The van der Waals surface area contributed by atoms with E-state index in [1.807, 2.05) is 6.08 Å². The van der Waals surface area contributed by atoms with Gasteiger partial charge in [0, 0.05) is 0 Å². The summed E-state index contributed by atoms with van der Waals surface area (Å²) < 4.78 is 6.10. The Labute approximate surface area is 88.1 Å². The number of hydrogen-bond acceptors (Lipinski definition) is 2. The molecular weight excluding hydrogens is 192 g/mol. The highest BCUT2D eigenvalue weighted by Crippen LogP contribution is 2.39. The van der Waals surface area contributed by atoms with Crippen LogP contribution in [0.2, 0.25) is 18.1 Å². The fourth-order valence-electron chi connectivity index (χ4n) is 1.31. The van der Waals surface area contributed by atoms with Gasteiger partial charge in [0.2, 0.25) is 0 Å². The topological polar surface area (TPSA) is 29.5 Å². The Morgan fingerprint density at radius 2 is 2.00 bits per heavy atom. The van der Waals surface area contributed by atoms with Gasteiger partial charge in [-0.05, 0) is 37.0 Å². The van der Waals surface area contributed by atoms with E-state index in [1.165, 1.54) is 0 Å². The van der Waals surface area contributed by atoms with Crippen LogP contribution < -0.4 is 0 Å². The van der Waals surface area contributed by atoms with E-state index in [9.17, 15) is 5.11 Å². The van der Waals surface area contributed by atoms with Gasteiger partial charge in [-0.3, -0.25) is 0 Å². The van der Waals surface area contributed by atoms with Crippen molar-refractivity contribution >= 4 is 8.32 Å². The summed E-state index contributed by atoms with van der Waals surface area (Å²) in [6, 6.07) is 0. The Hall–Kier alpha value is -0.283. The highest BCUT2D eigenvalue weighted by atomic mass is 28.4. The Kier molecular flexibility index (Phi) is 3.12. The van der Waals surface area contributed by atoms with Gasteiger partial charge in [-0.1, -0.05) is 20.8 Å². The molecule has 0 fully saturated rings. The van der Waals surface area contributed by atoms with Gasteiger partial charge in [0.05, 0.1) is 0 Å². The van der Waals surface area contributed by atoms with E-state index in [2.05, 4.69) is 33.9 Å². The van der Waals surface area contributed by atoms with Crippen LogP contribution in [0.15, 0.2) is 11.8 Å². The molecule has 0 aromatic heterocycles. The summed E-state index contributed by atoms with van der Waals surface area (Å²) in [5.41, 5.74) is 0. The van der Waals surface area contributed by atoms with E-state index in [0.717, 1.165) is 12.8 Å². The van der Waals surface area contributed by atoms with Gasteiger partial charge in [0.25, 0.3) is 0 Å². The van der Waals surface area contributed by atoms with Crippen molar-refractivity contribution in [3.05, 3.63) is 11.8 Å². The average Bonchev–Trinajstić information content (AvgIpc) is 2.33. The molecule has 2 nitrogen and oxygen atoms in total. The van der Waals surface area contributed by atoms with Crippen LogP contribution in [0.5, 0.6) is 0 Å². The van der Waals surface area contributed by atoms with Crippen LogP contribution in [0.25, 0.3) is 0 Å². The molecule has 3 heteroatoms. The maximum atomic E-state index is 9.58. The molecule has 0 aromatic rings. The average molecular weight is 214 g/mol. The standard InChI is InChI=1S/C11H22O2Si/c1-11(2,3)14(4,5)13-10-8-6-7-9(10)12/h7,10,12H,6,8H2,1-5H3. The van der Waals surface area contributed by atoms with Gasteiger partial charge >= 0.3 is 0 Å². The zero-order valence-electron chi connectivity index (χ0n) is 9.92. The number of allylic oxidation sites excluding steroid dienone is 1. The van der Waals surface area contributed by atoms with Crippen molar-refractivity contribution in [1.29, 1.82) is 0 Å². The van der Waals surface area contributed by atoms with Gasteiger partial charge in [-0.25, -0.2) is 0 Å². The third-order valence-electron chi connectivity index (χ3n) is 3.36. The summed E-state index contributed by atoms with van der Waals surface area (Å²) >= 11 is 0. The lowest BCUT2D eigenvalue weighted by Crippen LogP contribution is -2.43. The predicted octanol–water partition coefficient (Wildman–Crippen LogP) is 3.61. The molecule has 0 radical (unpaired) electrons. The van der Waals surface area contributed by atoms with E-state index in [0.29, 0.717) is 5.76 Å².